The van der Waals surface area contributed by atoms with Gasteiger partial charge in [-0.1, -0.05) is 42.3 Å². The van der Waals surface area contributed by atoms with Gasteiger partial charge in [-0.25, -0.2) is 10.9 Å². The zero-order valence-corrected chi connectivity index (χ0v) is 23.6. The number of furan rings is 1. The summed E-state index contributed by atoms with van der Waals surface area (Å²) in [6.07, 6.45) is 2.51. The number of hydrogen-bond acceptors (Lipinski definition) is 10. The minimum absolute atomic E-state index is 0.00556. The average molecular weight is 602 g/mol. The molecule has 3 aromatic carbocycles. The Bertz CT molecular complexity index is 2060. The highest BCUT2D eigenvalue weighted by Gasteiger charge is 2.15. The van der Waals surface area contributed by atoms with E-state index in [0.29, 0.717) is 22.6 Å². The highest BCUT2D eigenvalue weighted by atomic mass is 16.5. The highest BCUT2D eigenvalue weighted by molar-refractivity contribution is 6.58. The van der Waals surface area contributed by atoms with Crippen molar-refractivity contribution < 1.29 is 33.2 Å². The number of benzene rings is 3. The number of hydrazone groups is 2. The quantitative estimate of drug-likeness (QED) is 0.0903. The molecule has 45 heavy (non-hydrogen) atoms. The fraction of sp³-hybridized carbons (Fsp3) is 0.0312. The van der Waals surface area contributed by atoms with E-state index in [-0.39, 0.29) is 28.0 Å². The molecular weight excluding hydrogens is 579 g/mol. The summed E-state index contributed by atoms with van der Waals surface area (Å²) in [6.45, 7) is 0. The monoisotopic (exact) mass is 602 g/mol. The van der Waals surface area contributed by atoms with Crippen molar-refractivity contribution in [1.29, 1.82) is 0 Å². The van der Waals surface area contributed by atoms with Crippen LogP contribution >= 0.6 is 0 Å². The third-order valence-electron chi connectivity index (χ3n) is 6.15. The van der Waals surface area contributed by atoms with Crippen LogP contribution in [0.1, 0.15) is 43.6 Å². The molecule has 5 rings (SSSR count). The fourth-order valence-corrected chi connectivity index (χ4v) is 4.08. The first kappa shape index (κ1) is 30.2. The lowest BCUT2D eigenvalue weighted by Gasteiger charge is -2.06. The van der Waals surface area contributed by atoms with Gasteiger partial charge in [0.05, 0.1) is 19.5 Å². The first-order valence-corrected chi connectivity index (χ1v) is 13.3. The summed E-state index contributed by atoms with van der Waals surface area (Å²) in [6, 6.07) is 22.5. The van der Waals surface area contributed by atoms with Crippen LogP contribution in [0, 0.1) is 11.8 Å². The molecule has 0 unspecified atom stereocenters. The predicted molar refractivity (Wildman–Crippen MR) is 167 cm³/mol. The van der Waals surface area contributed by atoms with E-state index in [1.807, 2.05) is 30.3 Å². The molecule has 5 aromatic rings. The van der Waals surface area contributed by atoms with Crippen LogP contribution in [0.2, 0.25) is 0 Å². The zero-order chi connectivity index (χ0) is 31.8. The maximum Gasteiger partial charge on any atom is 0.488 e. The van der Waals surface area contributed by atoms with Crippen LogP contribution in [0.5, 0.6) is 5.75 Å². The largest absolute Gasteiger partial charge is 0.496 e. The minimum atomic E-state index is -1.82. The summed E-state index contributed by atoms with van der Waals surface area (Å²) >= 11 is 0. The molecule has 0 saturated heterocycles. The van der Waals surface area contributed by atoms with E-state index in [1.54, 1.807) is 24.3 Å². The van der Waals surface area contributed by atoms with E-state index in [9.17, 15) is 24.4 Å². The Morgan fingerprint density at radius 2 is 1.51 bits per heavy atom. The second kappa shape index (κ2) is 13.8. The number of carbonyl (C=O) groups excluding carboxylic acids is 2. The minimum Gasteiger partial charge on any atom is -0.496 e. The Balaban J connectivity index is 1.25. The van der Waals surface area contributed by atoms with E-state index in [0.717, 1.165) is 11.6 Å². The Morgan fingerprint density at radius 3 is 2.18 bits per heavy atom. The maximum atomic E-state index is 12.6. The summed E-state index contributed by atoms with van der Waals surface area (Å²) in [5, 5.41) is 27.4. The van der Waals surface area contributed by atoms with Gasteiger partial charge in [-0.3, -0.25) is 14.4 Å². The van der Waals surface area contributed by atoms with Gasteiger partial charge < -0.3 is 23.6 Å². The molecule has 0 radical (unpaired) electrons. The summed E-state index contributed by atoms with van der Waals surface area (Å²) in [7, 11) is -0.404. The molecule has 222 valence electrons. The van der Waals surface area contributed by atoms with Crippen molar-refractivity contribution in [2.75, 3.05) is 7.11 Å². The number of nitrogens with zero attached hydrogens (tertiary/aromatic N) is 2. The lowest BCUT2D eigenvalue weighted by molar-refractivity contribution is 0.0920. The van der Waals surface area contributed by atoms with E-state index < -0.39 is 24.4 Å². The van der Waals surface area contributed by atoms with Crippen molar-refractivity contribution >= 4 is 47.8 Å². The summed E-state index contributed by atoms with van der Waals surface area (Å²) in [4.78, 5) is 37.6. The number of carbonyl (C=O) groups is 2. The van der Waals surface area contributed by atoms with Gasteiger partial charge >= 0.3 is 18.9 Å². The summed E-state index contributed by atoms with van der Waals surface area (Å²) < 4.78 is 16.2. The lowest BCUT2D eigenvalue weighted by atomic mass is 9.79. The van der Waals surface area contributed by atoms with E-state index in [2.05, 4.69) is 32.9 Å². The Kier molecular flexibility index (Phi) is 9.29. The fourth-order valence-electron chi connectivity index (χ4n) is 4.08. The van der Waals surface area contributed by atoms with Gasteiger partial charge in [0.15, 0.2) is 22.7 Å². The first-order valence-electron chi connectivity index (χ1n) is 13.3. The van der Waals surface area contributed by atoms with Gasteiger partial charge in [0.2, 0.25) is 0 Å². The van der Waals surface area contributed by atoms with Crippen LogP contribution in [0.3, 0.4) is 0 Å². The molecule has 0 aliphatic rings. The maximum absolute atomic E-state index is 12.6. The molecule has 13 heteroatoms. The molecule has 0 spiro atoms. The Hall–Kier alpha value is -6.23. The molecule has 0 aliphatic carbocycles. The molecule has 0 fully saturated rings. The van der Waals surface area contributed by atoms with Crippen LogP contribution < -0.4 is 26.5 Å². The SMILES string of the molecule is COc1cccc2oc(C(=O)N/N=C/c3cc(/C=N/NC(=O)c4ccc(C#Cc5ccccc5)o4)cc(B(O)O)c3)cc(=O)c12. The molecule has 2 heterocycles. The van der Waals surface area contributed by atoms with Crippen LogP contribution in [0.25, 0.3) is 11.0 Å². The summed E-state index contributed by atoms with van der Waals surface area (Å²) in [5.41, 5.74) is 5.92. The third kappa shape index (κ3) is 7.60. The predicted octanol–water partition coefficient (Wildman–Crippen LogP) is 2.00. The highest BCUT2D eigenvalue weighted by Crippen LogP contribution is 2.22. The number of ether oxygens (including phenoxy) is 1. The normalized spacial score (nSPS) is 10.9. The number of amides is 2. The molecule has 0 bridgehead atoms. The van der Waals surface area contributed by atoms with Crippen LogP contribution in [0.4, 0.5) is 0 Å². The Morgan fingerprint density at radius 1 is 0.822 bits per heavy atom. The number of fused-ring (bicyclic) bond motifs is 1. The number of rotatable bonds is 8. The van der Waals surface area contributed by atoms with Gasteiger partial charge in [-0.05, 0) is 65.0 Å². The molecule has 2 aromatic heterocycles. The van der Waals surface area contributed by atoms with E-state index in [1.165, 1.54) is 43.8 Å². The Labute approximate surface area is 255 Å². The smallest absolute Gasteiger partial charge is 0.488 e. The van der Waals surface area contributed by atoms with Crippen LogP contribution in [0.15, 0.2) is 109 Å². The lowest BCUT2D eigenvalue weighted by Crippen LogP contribution is -2.30. The second-order valence-electron chi connectivity index (χ2n) is 9.29. The first-order chi connectivity index (χ1) is 21.8. The van der Waals surface area contributed by atoms with Gasteiger partial charge in [-0.2, -0.15) is 10.2 Å². The standard InChI is InChI=1S/C32H23BN4O8/c1-43-26-8-5-9-27-30(26)25(38)17-29(45-27)32(40)37-35-19-22-14-21(15-23(16-22)33(41)42)18-34-36-31(39)28-13-12-24(44-28)11-10-20-6-3-2-4-7-20/h2-9,12-19,41-42H,1H3,(H,36,39)(H,37,40)/b34-18+,35-19+. The molecule has 0 atom stereocenters. The van der Waals surface area contributed by atoms with Crippen molar-refractivity contribution in [2.45, 2.75) is 0 Å². The van der Waals surface area contributed by atoms with Gasteiger partial charge in [-0.15, -0.1) is 0 Å². The molecular formula is C32H23BN4O8. The van der Waals surface area contributed by atoms with E-state index >= 15 is 0 Å². The molecule has 2 amide bonds. The average Bonchev–Trinajstić information content (AvgIpc) is 3.53. The van der Waals surface area contributed by atoms with Crippen molar-refractivity contribution in [3.63, 3.8) is 0 Å². The number of methoxy groups -OCH3 is 1. The molecule has 12 nitrogen and oxygen atoms in total. The van der Waals surface area contributed by atoms with Crippen molar-refractivity contribution in [3.05, 3.63) is 129 Å². The van der Waals surface area contributed by atoms with Crippen molar-refractivity contribution in [2.24, 2.45) is 10.2 Å². The van der Waals surface area contributed by atoms with Gasteiger partial charge in [0, 0.05) is 11.6 Å². The van der Waals surface area contributed by atoms with E-state index in [4.69, 9.17) is 13.6 Å². The van der Waals surface area contributed by atoms with Crippen LogP contribution in [-0.4, -0.2) is 48.5 Å². The van der Waals surface area contributed by atoms with Crippen LogP contribution in [-0.2, 0) is 0 Å². The second-order valence-corrected chi connectivity index (χ2v) is 9.29. The number of nitrogens with one attached hydrogen (secondary N) is 2. The summed E-state index contributed by atoms with van der Waals surface area (Å²) in [5.74, 6) is 4.71. The topological polar surface area (TPSA) is 176 Å². The number of hydrogen-bond donors (Lipinski definition) is 4. The van der Waals surface area contributed by atoms with Gasteiger partial charge in [0.25, 0.3) is 0 Å². The molecule has 4 N–H and O–H groups in total. The van der Waals surface area contributed by atoms with Gasteiger partial charge in [0.1, 0.15) is 16.7 Å². The molecule has 0 aliphatic heterocycles. The van der Waals surface area contributed by atoms with Crippen molar-refractivity contribution in [1.82, 2.24) is 10.9 Å². The zero-order valence-electron chi connectivity index (χ0n) is 23.6. The third-order valence-corrected chi connectivity index (χ3v) is 6.15. The molecule has 0 saturated carbocycles. The van der Waals surface area contributed by atoms with Crippen molar-refractivity contribution in [3.8, 4) is 17.6 Å².